The van der Waals surface area contributed by atoms with Gasteiger partial charge in [0, 0.05) is 24.5 Å². The van der Waals surface area contributed by atoms with Crippen LogP contribution in [0.4, 0.5) is 16.0 Å². The molecule has 1 atom stereocenters. The number of aryl methyl sites for hydroxylation is 1. The second-order valence-corrected chi connectivity index (χ2v) is 5.70. The molecule has 2 heterocycles. The van der Waals surface area contributed by atoms with Crippen LogP contribution in [0.15, 0.2) is 30.3 Å². The Morgan fingerprint density at radius 2 is 2.12 bits per heavy atom. The number of ether oxygens (including phenoxy) is 1. The second-order valence-electron chi connectivity index (χ2n) is 5.70. The number of anilines is 2. The number of halogens is 1. The van der Waals surface area contributed by atoms with Gasteiger partial charge in [0.1, 0.15) is 11.5 Å². The summed E-state index contributed by atoms with van der Waals surface area (Å²) >= 11 is 0. The molecule has 0 aliphatic carbocycles. The van der Waals surface area contributed by atoms with E-state index in [2.05, 4.69) is 20.6 Å². The van der Waals surface area contributed by atoms with Crippen LogP contribution < -0.4 is 10.6 Å². The van der Waals surface area contributed by atoms with Crippen LogP contribution in [0.5, 0.6) is 0 Å². The summed E-state index contributed by atoms with van der Waals surface area (Å²) < 4.78 is 18.5. The number of hydrogen-bond acceptors (Lipinski definition) is 5. The molecule has 0 spiro atoms. The van der Waals surface area contributed by atoms with Gasteiger partial charge in [-0.15, -0.1) is 0 Å². The smallest absolute Gasteiger partial charge is 0.274 e. The van der Waals surface area contributed by atoms with E-state index in [-0.39, 0.29) is 23.5 Å². The number of aromatic nitrogens is 2. The Balaban J connectivity index is 1.67. The zero-order valence-corrected chi connectivity index (χ0v) is 13.4. The summed E-state index contributed by atoms with van der Waals surface area (Å²) in [5.74, 6) is -0.325. The van der Waals surface area contributed by atoms with Crippen molar-refractivity contribution in [3.8, 4) is 0 Å². The van der Waals surface area contributed by atoms with E-state index in [1.807, 2.05) is 0 Å². The van der Waals surface area contributed by atoms with E-state index < -0.39 is 0 Å². The van der Waals surface area contributed by atoms with Gasteiger partial charge in [0.2, 0.25) is 5.95 Å². The van der Waals surface area contributed by atoms with Crippen LogP contribution in [-0.2, 0) is 4.74 Å². The van der Waals surface area contributed by atoms with E-state index in [0.717, 1.165) is 19.4 Å². The number of amides is 1. The molecule has 1 aromatic carbocycles. The molecule has 3 rings (SSSR count). The molecule has 24 heavy (non-hydrogen) atoms. The highest BCUT2D eigenvalue weighted by molar-refractivity contribution is 6.03. The van der Waals surface area contributed by atoms with Crippen LogP contribution in [-0.4, -0.2) is 35.1 Å². The van der Waals surface area contributed by atoms with Crippen molar-refractivity contribution < 1.29 is 13.9 Å². The van der Waals surface area contributed by atoms with Crippen LogP contribution >= 0.6 is 0 Å². The fourth-order valence-corrected chi connectivity index (χ4v) is 2.50. The largest absolute Gasteiger partial charge is 0.376 e. The highest BCUT2D eigenvalue weighted by Crippen LogP contribution is 2.14. The molecular formula is C17H19FN4O2. The molecule has 2 N–H and O–H groups in total. The van der Waals surface area contributed by atoms with Gasteiger partial charge in [-0.2, -0.15) is 0 Å². The first-order valence-electron chi connectivity index (χ1n) is 7.88. The minimum absolute atomic E-state index is 0.158. The molecule has 1 amide bonds. The average Bonchev–Trinajstić information content (AvgIpc) is 3.08. The van der Waals surface area contributed by atoms with Crippen molar-refractivity contribution in [1.82, 2.24) is 9.97 Å². The lowest BCUT2D eigenvalue weighted by atomic mass is 10.2. The molecule has 2 aromatic rings. The molecule has 0 bridgehead atoms. The molecule has 1 aliphatic rings. The Morgan fingerprint density at radius 3 is 2.83 bits per heavy atom. The summed E-state index contributed by atoms with van der Waals surface area (Å²) in [4.78, 5) is 20.8. The van der Waals surface area contributed by atoms with Gasteiger partial charge in [-0.1, -0.05) is 0 Å². The van der Waals surface area contributed by atoms with Gasteiger partial charge in [-0.05, 0) is 50.1 Å². The van der Waals surface area contributed by atoms with Crippen molar-refractivity contribution in [1.29, 1.82) is 0 Å². The average molecular weight is 330 g/mol. The molecular weight excluding hydrogens is 311 g/mol. The highest BCUT2D eigenvalue weighted by atomic mass is 19.1. The minimum atomic E-state index is -0.368. The Morgan fingerprint density at radius 1 is 1.33 bits per heavy atom. The SMILES string of the molecule is Cc1cc(C(=O)Nc2ccc(F)cc2)nc(NCC2CCCO2)n1. The molecule has 0 saturated carbocycles. The summed E-state index contributed by atoms with van der Waals surface area (Å²) in [6.07, 6.45) is 2.23. The third-order valence-corrected chi connectivity index (χ3v) is 3.70. The van der Waals surface area contributed by atoms with Crippen LogP contribution in [0.1, 0.15) is 29.0 Å². The highest BCUT2D eigenvalue weighted by Gasteiger charge is 2.16. The summed E-state index contributed by atoms with van der Waals surface area (Å²) in [5, 5.41) is 5.81. The minimum Gasteiger partial charge on any atom is -0.376 e. The molecule has 1 fully saturated rings. The maximum Gasteiger partial charge on any atom is 0.274 e. The van der Waals surface area contributed by atoms with Gasteiger partial charge in [0.05, 0.1) is 6.10 Å². The lowest BCUT2D eigenvalue weighted by Gasteiger charge is -2.12. The van der Waals surface area contributed by atoms with E-state index in [9.17, 15) is 9.18 Å². The van der Waals surface area contributed by atoms with Gasteiger partial charge < -0.3 is 15.4 Å². The molecule has 1 unspecified atom stereocenters. The van der Waals surface area contributed by atoms with Gasteiger partial charge in [-0.25, -0.2) is 14.4 Å². The number of carbonyl (C=O) groups is 1. The number of hydrogen-bond donors (Lipinski definition) is 2. The summed E-state index contributed by atoms with van der Waals surface area (Å²) in [5.41, 5.74) is 1.44. The fourth-order valence-electron chi connectivity index (χ4n) is 2.50. The molecule has 7 heteroatoms. The van der Waals surface area contributed by atoms with E-state index in [1.54, 1.807) is 13.0 Å². The fraction of sp³-hybridized carbons (Fsp3) is 0.353. The zero-order valence-electron chi connectivity index (χ0n) is 13.4. The summed E-state index contributed by atoms with van der Waals surface area (Å²) in [7, 11) is 0. The van der Waals surface area contributed by atoms with Crippen LogP contribution in [0.25, 0.3) is 0 Å². The first kappa shape index (κ1) is 16.3. The Kier molecular flexibility index (Phi) is 5.00. The molecule has 1 saturated heterocycles. The van der Waals surface area contributed by atoms with Crippen molar-refractivity contribution in [3.05, 3.63) is 47.5 Å². The van der Waals surface area contributed by atoms with E-state index >= 15 is 0 Å². The lowest BCUT2D eigenvalue weighted by Crippen LogP contribution is -2.21. The van der Waals surface area contributed by atoms with E-state index in [1.165, 1.54) is 24.3 Å². The van der Waals surface area contributed by atoms with Crippen molar-refractivity contribution in [2.24, 2.45) is 0 Å². The normalized spacial score (nSPS) is 16.8. The Labute approximate surface area is 139 Å². The van der Waals surface area contributed by atoms with Gasteiger partial charge in [0.25, 0.3) is 5.91 Å². The quantitative estimate of drug-likeness (QED) is 0.881. The Hall–Kier alpha value is -2.54. The van der Waals surface area contributed by atoms with Gasteiger partial charge in [0.15, 0.2) is 0 Å². The monoisotopic (exact) mass is 330 g/mol. The molecule has 1 aromatic heterocycles. The number of nitrogens with zero attached hydrogens (tertiary/aromatic N) is 2. The van der Waals surface area contributed by atoms with Crippen LogP contribution in [0.3, 0.4) is 0 Å². The number of rotatable bonds is 5. The first-order valence-corrected chi connectivity index (χ1v) is 7.88. The number of nitrogens with one attached hydrogen (secondary N) is 2. The number of carbonyl (C=O) groups excluding carboxylic acids is 1. The maximum atomic E-state index is 12.9. The molecule has 126 valence electrons. The van der Waals surface area contributed by atoms with Gasteiger partial charge in [-0.3, -0.25) is 4.79 Å². The predicted octanol–water partition coefficient (Wildman–Crippen LogP) is 2.77. The van der Waals surface area contributed by atoms with Crippen molar-refractivity contribution in [2.75, 3.05) is 23.8 Å². The standard InChI is InChI=1S/C17H19FN4O2/c1-11-9-15(16(23)21-13-6-4-12(18)5-7-13)22-17(20-11)19-10-14-3-2-8-24-14/h4-7,9,14H,2-3,8,10H2,1H3,(H,21,23)(H,19,20,22). The summed E-state index contributed by atoms with van der Waals surface area (Å²) in [6.45, 7) is 3.20. The Bertz CT molecular complexity index is 715. The third kappa shape index (κ3) is 4.26. The summed E-state index contributed by atoms with van der Waals surface area (Å²) in [6, 6.07) is 7.18. The van der Waals surface area contributed by atoms with Gasteiger partial charge >= 0.3 is 0 Å². The van der Waals surface area contributed by atoms with Crippen LogP contribution in [0, 0.1) is 12.7 Å². The van der Waals surface area contributed by atoms with Crippen LogP contribution in [0.2, 0.25) is 0 Å². The second kappa shape index (κ2) is 7.35. The zero-order chi connectivity index (χ0) is 16.9. The molecule has 6 nitrogen and oxygen atoms in total. The first-order chi connectivity index (χ1) is 11.6. The maximum absolute atomic E-state index is 12.9. The van der Waals surface area contributed by atoms with Crippen molar-refractivity contribution >= 4 is 17.5 Å². The third-order valence-electron chi connectivity index (χ3n) is 3.70. The molecule has 0 radical (unpaired) electrons. The van der Waals surface area contributed by atoms with E-state index in [4.69, 9.17) is 4.74 Å². The molecule has 1 aliphatic heterocycles. The predicted molar refractivity (Wildman–Crippen MR) is 88.6 cm³/mol. The van der Waals surface area contributed by atoms with Crippen molar-refractivity contribution in [2.45, 2.75) is 25.9 Å². The number of benzene rings is 1. The topological polar surface area (TPSA) is 76.1 Å². The van der Waals surface area contributed by atoms with E-state index in [0.29, 0.717) is 23.9 Å². The van der Waals surface area contributed by atoms with Crippen molar-refractivity contribution in [3.63, 3.8) is 0 Å². The lowest BCUT2D eigenvalue weighted by molar-refractivity contribution is 0.102.